The van der Waals surface area contributed by atoms with Gasteiger partial charge in [0.05, 0.1) is 12.5 Å². The van der Waals surface area contributed by atoms with E-state index in [4.69, 9.17) is 9.84 Å². The second kappa shape index (κ2) is 7.77. The Kier molecular flexibility index (Phi) is 5.98. The van der Waals surface area contributed by atoms with Gasteiger partial charge < -0.3 is 20.1 Å². The van der Waals surface area contributed by atoms with Crippen LogP contribution >= 0.6 is 0 Å². The van der Waals surface area contributed by atoms with Gasteiger partial charge in [-0.3, -0.25) is 9.59 Å². The van der Waals surface area contributed by atoms with Crippen LogP contribution in [0.3, 0.4) is 0 Å². The van der Waals surface area contributed by atoms with E-state index in [1.165, 1.54) is 7.11 Å². The molecule has 1 saturated heterocycles. The van der Waals surface area contributed by atoms with Gasteiger partial charge in [-0.2, -0.15) is 0 Å². The first kappa shape index (κ1) is 17.7. The molecule has 7 heteroatoms. The van der Waals surface area contributed by atoms with E-state index in [0.29, 0.717) is 12.5 Å². The van der Waals surface area contributed by atoms with Gasteiger partial charge in [0.1, 0.15) is 0 Å². The number of nitrogens with one attached hydrogen (secondary N) is 1. The van der Waals surface area contributed by atoms with Crippen molar-refractivity contribution in [3.8, 4) is 0 Å². The average Bonchev–Trinajstić information content (AvgIpc) is 2.90. The fraction of sp³-hybridized carbons (Fsp3) is 0.812. The molecule has 2 unspecified atom stereocenters. The number of hydrogen-bond donors (Lipinski definition) is 2. The van der Waals surface area contributed by atoms with Gasteiger partial charge in [-0.25, -0.2) is 4.79 Å². The molecule has 1 heterocycles. The third-order valence-corrected chi connectivity index (χ3v) is 4.98. The van der Waals surface area contributed by atoms with E-state index in [-0.39, 0.29) is 30.8 Å². The highest BCUT2D eigenvalue weighted by atomic mass is 16.5. The molecule has 0 radical (unpaired) electrons. The molecule has 2 amide bonds. The molecule has 0 bridgehead atoms. The smallest absolute Gasteiger partial charge is 0.334 e. The SMILES string of the molecule is COC(CNC(=O)C1CC(=O)N(C2CCC(C)CC2)C1)C(=O)O. The summed E-state index contributed by atoms with van der Waals surface area (Å²) in [5.74, 6) is -1.04. The van der Waals surface area contributed by atoms with Crippen molar-refractivity contribution in [2.24, 2.45) is 11.8 Å². The second-order valence-electron chi connectivity index (χ2n) is 6.67. The third-order valence-electron chi connectivity index (χ3n) is 4.98. The molecular formula is C16H26N2O5. The third kappa shape index (κ3) is 4.43. The Morgan fingerprint density at radius 1 is 1.35 bits per heavy atom. The first-order chi connectivity index (χ1) is 10.9. The summed E-state index contributed by atoms with van der Waals surface area (Å²) in [4.78, 5) is 37.1. The highest BCUT2D eigenvalue weighted by Crippen LogP contribution is 2.31. The molecule has 1 saturated carbocycles. The van der Waals surface area contributed by atoms with E-state index in [2.05, 4.69) is 12.2 Å². The lowest BCUT2D eigenvalue weighted by Gasteiger charge is -2.33. The summed E-state index contributed by atoms with van der Waals surface area (Å²) in [7, 11) is 1.29. The number of amides is 2. The van der Waals surface area contributed by atoms with Gasteiger partial charge in [0, 0.05) is 26.1 Å². The first-order valence-electron chi connectivity index (χ1n) is 8.25. The lowest BCUT2D eigenvalue weighted by molar-refractivity contribution is -0.148. The van der Waals surface area contributed by atoms with Crippen LogP contribution < -0.4 is 5.32 Å². The number of carbonyl (C=O) groups is 3. The molecule has 0 aromatic heterocycles. The van der Waals surface area contributed by atoms with Crippen molar-refractivity contribution >= 4 is 17.8 Å². The first-order valence-corrected chi connectivity index (χ1v) is 8.25. The Bertz CT molecular complexity index is 459. The number of aliphatic carboxylic acids is 1. The fourth-order valence-electron chi connectivity index (χ4n) is 3.42. The lowest BCUT2D eigenvalue weighted by atomic mass is 9.87. The second-order valence-corrected chi connectivity index (χ2v) is 6.67. The molecule has 2 aliphatic rings. The Morgan fingerprint density at radius 2 is 2.00 bits per heavy atom. The van der Waals surface area contributed by atoms with Crippen molar-refractivity contribution in [3.63, 3.8) is 0 Å². The summed E-state index contributed by atoms with van der Waals surface area (Å²) in [6.45, 7) is 2.58. The largest absolute Gasteiger partial charge is 0.479 e. The molecule has 0 spiro atoms. The van der Waals surface area contributed by atoms with E-state index in [0.717, 1.165) is 25.7 Å². The van der Waals surface area contributed by atoms with Crippen molar-refractivity contribution < 1.29 is 24.2 Å². The van der Waals surface area contributed by atoms with Crippen LogP contribution in [0.15, 0.2) is 0 Å². The standard InChI is InChI=1S/C16H26N2O5/c1-10-3-5-12(6-4-10)18-9-11(7-14(18)19)15(20)17-8-13(23-2)16(21)22/h10-13H,3-9H2,1-2H3,(H,17,20)(H,21,22). The molecule has 2 rings (SSSR count). The molecule has 0 aromatic carbocycles. The number of carbonyl (C=O) groups excluding carboxylic acids is 2. The Labute approximate surface area is 136 Å². The van der Waals surface area contributed by atoms with E-state index in [1.807, 2.05) is 4.90 Å². The van der Waals surface area contributed by atoms with Crippen molar-refractivity contribution in [2.75, 3.05) is 20.2 Å². The minimum atomic E-state index is -1.12. The monoisotopic (exact) mass is 326 g/mol. The minimum Gasteiger partial charge on any atom is -0.479 e. The number of ether oxygens (including phenoxy) is 1. The molecule has 2 atom stereocenters. The molecule has 1 aliphatic carbocycles. The summed E-state index contributed by atoms with van der Waals surface area (Å²) in [5.41, 5.74) is 0. The molecular weight excluding hydrogens is 300 g/mol. The molecule has 23 heavy (non-hydrogen) atoms. The topological polar surface area (TPSA) is 95.9 Å². The van der Waals surface area contributed by atoms with Crippen LogP contribution in [0.5, 0.6) is 0 Å². The fourth-order valence-corrected chi connectivity index (χ4v) is 3.42. The van der Waals surface area contributed by atoms with Gasteiger partial charge in [0.2, 0.25) is 11.8 Å². The maximum Gasteiger partial charge on any atom is 0.334 e. The van der Waals surface area contributed by atoms with Crippen LogP contribution in [-0.2, 0) is 19.1 Å². The number of rotatable bonds is 6. The number of likely N-dealkylation sites (tertiary alicyclic amines) is 1. The number of carboxylic acids is 1. The predicted octanol–water partition coefficient (Wildman–Crippen LogP) is 0.629. The molecule has 1 aliphatic heterocycles. The Morgan fingerprint density at radius 3 is 2.57 bits per heavy atom. The van der Waals surface area contributed by atoms with E-state index >= 15 is 0 Å². The predicted molar refractivity (Wildman–Crippen MR) is 82.7 cm³/mol. The number of nitrogens with zero attached hydrogens (tertiary/aromatic N) is 1. The van der Waals surface area contributed by atoms with Gasteiger partial charge in [0.25, 0.3) is 0 Å². The maximum atomic E-state index is 12.2. The summed E-state index contributed by atoms with van der Waals surface area (Å²) >= 11 is 0. The van der Waals surface area contributed by atoms with Gasteiger partial charge in [0.15, 0.2) is 6.10 Å². The van der Waals surface area contributed by atoms with Crippen LogP contribution in [0.4, 0.5) is 0 Å². The quantitative estimate of drug-likeness (QED) is 0.746. The van der Waals surface area contributed by atoms with Crippen molar-refractivity contribution in [1.82, 2.24) is 10.2 Å². The minimum absolute atomic E-state index is 0.0335. The maximum absolute atomic E-state index is 12.2. The van der Waals surface area contributed by atoms with Gasteiger partial charge >= 0.3 is 5.97 Å². The molecule has 2 N–H and O–H groups in total. The summed E-state index contributed by atoms with van der Waals surface area (Å²) < 4.78 is 4.78. The highest BCUT2D eigenvalue weighted by molar-refractivity contribution is 5.89. The highest BCUT2D eigenvalue weighted by Gasteiger charge is 2.38. The van der Waals surface area contributed by atoms with Crippen LogP contribution in [0.1, 0.15) is 39.0 Å². The van der Waals surface area contributed by atoms with Crippen molar-refractivity contribution in [3.05, 3.63) is 0 Å². The summed E-state index contributed by atoms with van der Waals surface area (Å²) in [6, 6.07) is 0.252. The lowest BCUT2D eigenvalue weighted by Crippen LogP contribution is -2.42. The van der Waals surface area contributed by atoms with E-state index in [1.54, 1.807) is 0 Å². The number of hydrogen-bond acceptors (Lipinski definition) is 4. The molecule has 130 valence electrons. The van der Waals surface area contributed by atoms with Crippen molar-refractivity contribution in [1.29, 1.82) is 0 Å². The van der Waals surface area contributed by atoms with E-state index in [9.17, 15) is 14.4 Å². The van der Waals surface area contributed by atoms with Crippen LogP contribution in [-0.4, -0.2) is 60.1 Å². The van der Waals surface area contributed by atoms with E-state index < -0.39 is 18.0 Å². The van der Waals surface area contributed by atoms with Gasteiger partial charge in [-0.1, -0.05) is 6.92 Å². The van der Waals surface area contributed by atoms with Gasteiger partial charge in [-0.15, -0.1) is 0 Å². The molecule has 0 aromatic rings. The van der Waals surface area contributed by atoms with Crippen LogP contribution in [0.2, 0.25) is 0 Å². The van der Waals surface area contributed by atoms with Gasteiger partial charge in [-0.05, 0) is 31.6 Å². The Hall–Kier alpha value is -1.63. The average molecular weight is 326 g/mol. The molecule has 2 fully saturated rings. The zero-order valence-corrected chi connectivity index (χ0v) is 13.8. The summed E-state index contributed by atoms with van der Waals surface area (Å²) in [5, 5.41) is 11.5. The number of carboxylic acid groups (broad SMARTS) is 1. The van der Waals surface area contributed by atoms with Crippen molar-refractivity contribution in [2.45, 2.75) is 51.2 Å². The summed E-state index contributed by atoms with van der Waals surface area (Å²) in [6.07, 6.45) is 3.41. The van der Waals surface area contributed by atoms with Crippen LogP contribution in [0, 0.1) is 11.8 Å². The zero-order chi connectivity index (χ0) is 17.0. The Balaban J connectivity index is 1.84. The van der Waals surface area contributed by atoms with Crippen LogP contribution in [0.25, 0.3) is 0 Å². The normalized spacial score (nSPS) is 29.4. The molecule has 7 nitrogen and oxygen atoms in total. The zero-order valence-electron chi connectivity index (χ0n) is 13.8. The number of methoxy groups -OCH3 is 1.